The quantitative estimate of drug-likeness (QED) is 0.703. The van der Waals surface area contributed by atoms with E-state index in [2.05, 4.69) is 25.1 Å². The standard InChI is InChI=1S/C11H15NO/c1-9-3-4-10(5-6-12)11(7-9)8-13-2/h3-4,6-7,12H,5,8H2,1-2H3. The Labute approximate surface area is 79.1 Å². The maximum atomic E-state index is 7.06. The molecule has 0 amide bonds. The third kappa shape index (κ3) is 2.67. The largest absolute Gasteiger partial charge is 0.380 e. The first-order chi connectivity index (χ1) is 6.27. The van der Waals surface area contributed by atoms with E-state index in [0.717, 1.165) is 0 Å². The molecule has 1 aromatic carbocycles. The Kier molecular flexibility index (Phi) is 3.65. The molecule has 0 radical (unpaired) electrons. The molecular formula is C11H15NO. The molecule has 0 aromatic heterocycles. The van der Waals surface area contributed by atoms with Gasteiger partial charge >= 0.3 is 0 Å². The maximum absolute atomic E-state index is 7.06. The first-order valence-corrected chi connectivity index (χ1v) is 4.34. The first-order valence-electron chi connectivity index (χ1n) is 4.34. The van der Waals surface area contributed by atoms with Gasteiger partial charge in [0.1, 0.15) is 0 Å². The van der Waals surface area contributed by atoms with Crippen LogP contribution in [0.2, 0.25) is 0 Å². The fraction of sp³-hybridized carbons (Fsp3) is 0.364. The van der Waals surface area contributed by atoms with Crippen LogP contribution in [-0.2, 0) is 17.8 Å². The van der Waals surface area contributed by atoms with Gasteiger partial charge in [-0.25, -0.2) is 0 Å². The Bertz CT molecular complexity index is 294. The normalized spacial score (nSPS) is 10.0. The van der Waals surface area contributed by atoms with E-state index in [0.29, 0.717) is 13.0 Å². The van der Waals surface area contributed by atoms with Gasteiger partial charge in [-0.1, -0.05) is 23.8 Å². The lowest BCUT2D eigenvalue weighted by atomic mass is 10.0. The maximum Gasteiger partial charge on any atom is 0.0715 e. The zero-order chi connectivity index (χ0) is 9.68. The van der Waals surface area contributed by atoms with Crippen LogP contribution in [0.4, 0.5) is 0 Å². The molecule has 0 saturated heterocycles. The second-order valence-electron chi connectivity index (χ2n) is 3.11. The summed E-state index contributed by atoms with van der Waals surface area (Å²) in [5.41, 5.74) is 3.61. The number of hydrogen-bond acceptors (Lipinski definition) is 2. The third-order valence-corrected chi connectivity index (χ3v) is 1.98. The van der Waals surface area contributed by atoms with Gasteiger partial charge in [0, 0.05) is 13.5 Å². The minimum atomic E-state index is 0.630. The van der Waals surface area contributed by atoms with Gasteiger partial charge in [-0.3, -0.25) is 0 Å². The number of ether oxygens (including phenoxy) is 1. The van der Waals surface area contributed by atoms with Crippen LogP contribution in [0, 0.1) is 12.3 Å². The minimum Gasteiger partial charge on any atom is -0.380 e. The Morgan fingerprint density at radius 2 is 2.15 bits per heavy atom. The first kappa shape index (κ1) is 9.93. The molecule has 0 aliphatic rings. The van der Waals surface area contributed by atoms with E-state index in [9.17, 15) is 0 Å². The highest BCUT2D eigenvalue weighted by Crippen LogP contribution is 2.12. The van der Waals surface area contributed by atoms with Crippen LogP contribution in [0.5, 0.6) is 0 Å². The van der Waals surface area contributed by atoms with E-state index in [4.69, 9.17) is 10.1 Å². The van der Waals surface area contributed by atoms with E-state index in [-0.39, 0.29) is 0 Å². The van der Waals surface area contributed by atoms with Crippen molar-refractivity contribution in [3.05, 3.63) is 34.9 Å². The number of methoxy groups -OCH3 is 1. The second-order valence-corrected chi connectivity index (χ2v) is 3.11. The Balaban J connectivity index is 2.95. The second kappa shape index (κ2) is 4.77. The number of aryl methyl sites for hydroxylation is 1. The summed E-state index contributed by atoms with van der Waals surface area (Å²) in [6.45, 7) is 2.69. The molecule has 0 unspecified atom stereocenters. The summed E-state index contributed by atoms with van der Waals surface area (Å²) < 4.78 is 5.09. The fourth-order valence-electron chi connectivity index (χ4n) is 1.35. The van der Waals surface area contributed by atoms with Crippen molar-refractivity contribution in [1.82, 2.24) is 0 Å². The van der Waals surface area contributed by atoms with Crippen molar-refractivity contribution in [2.24, 2.45) is 0 Å². The average Bonchev–Trinajstić information content (AvgIpc) is 2.10. The van der Waals surface area contributed by atoms with Gasteiger partial charge in [-0.15, -0.1) is 0 Å². The van der Waals surface area contributed by atoms with Crippen LogP contribution in [-0.4, -0.2) is 13.3 Å². The molecule has 2 heteroatoms. The summed E-state index contributed by atoms with van der Waals surface area (Å²) in [6, 6.07) is 6.25. The van der Waals surface area contributed by atoms with Crippen molar-refractivity contribution in [2.75, 3.05) is 7.11 Å². The average molecular weight is 177 g/mol. The molecule has 70 valence electrons. The van der Waals surface area contributed by atoms with Crippen molar-refractivity contribution < 1.29 is 4.74 Å². The molecule has 0 spiro atoms. The highest BCUT2D eigenvalue weighted by Gasteiger charge is 2.00. The van der Waals surface area contributed by atoms with Crippen molar-refractivity contribution in [1.29, 1.82) is 5.41 Å². The van der Waals surface area contributed by atoms with Crippen molar-refractivity contribution in [3.8, 4) is 0 Å². The van der Waals surface area contributed by atoms with Gasteiger partial charge < -0.3 is 10.1 Å². The zero-order valence-corrected chi connectivity index (χ0v) is 8.13. The van der Waals surface area contributed by atoms with Crippen molar-refractivity contribution in [3.63, 3.8) is 0 Å². The van der Waals surface area contributed by atoms with Crippen molar-refractivity contribution >= 4 is 6.21 Å². The van der Waals surface area contributed by atoms with Crippen LogP contribution in [0.1, 0.15) is 16.7 Å². The number of hydrogen-bond donors (Lipinski definition) is 1. The van der Waals surface area contributed by atoms with Crippen LogP contribution < -0.4 is 0 Å². The van der Waals surface area contributed by atoms with Gasteiger partial charge in [-0.2, -0.15) is 0 Å². The molecule has 0 heterocycles. The van der Waals surface area contributed by atoms with E-state index in [1.807, 2.05) is 0 Å². The summed E-state index contributed by atoms with van der Waals surface area (Å²) in [6.07, 6.45) is 2.11. The molecule has 13 heavy (non-hydrogen) atoms. The SMILES string of the molecule is COCc1cc(C)ccc1CC=N. The van der Waals surface area contributed by atoms with Gasteiger partial charge in [0.2, 0.25) is 0 Å². The molecule has 0 aliphatic carbocycles. The number of nitrogens with one attached hydrogen (secondary N) is 1. The molecule has 1 aromatic rings. The topological polar surface area (TPSA) is 33.1 Å². The molecule has 0 aliphatic heterocycles. The molecular weight excluding hydrogens is 162 g/mol. The van der Waals surface area contributed by atoms with E-state index >= 15 is 0 Å². The number of benzene rings is 1. The highest BCUT2D eigenvalue weighted by molar-refractivity contribution is 5.59. The van der Waals surface area contributed by atoms with Gasteiger partial charge in [0.05, 0.1) is 6.61 Å². The lowest BCUT2D eigenvalue weighted by molar-refractivity contribution is 0.184. The smallest absolute Gasteiger partial charge is 0.0715 e. The Morgan fingerprint density at radius 1 is 1.38 bits per heavy atom. The molecule has 2 nitrogen and oxygen atoms in total. The van der Waals surface area contributed by atoms with E-state index in [1.165, 1.54) is 22.9 Å². The van der Waals surface area contributed by atoms with Gasteiger partial charge in [0.15, 0.2) is 0 Å². The van der Waals surface area contributed by atoms with Gasteiger partial charge in [-0.05, 0) is 24.3 Å². The van der Waals surface area contributed by atoms with E-state index < -0.39 is 0 Å². The van der Waals surface area contributed by atoms with Crippen LogP contribution in [0.15, 0.2) is 18.2 Å². The summed E-state index contributed by atoms with van der Waals surface area (Å²) >= 11 is 0. The third-order valence-electron chi connectivity index (χ3n) is 1.98. The molecule has 1 N–H and O–H groups in total. The van der Waals surface area contributed by atoms with Crippen LogP contribution in [0.3, 0.4) is 0 Å². The van der Waals surface area contributed by atoms with Crippen LogP contribution in [0.25, 0.3) is 0 Å². The fourth-order valence-corrected chi connectivity index (χ4v) is 1.35. The summed E-state index contributed by atoms with van der Waals surface area (Å²) in [7, 11) is 1.69. The lowest BCUT2D eigenvalue weighted by Crippen LogP contribution is -1.97. The van der Waals surface area contributed by atoms with Crippen LogP contribution >= 0.6 is 0 Å². The molecule has 1 rings (SSSR count). The van der Waals surface area contributed by atoms with Crippen molar-refractivity contribution in [2.45, 2.75) is 20.0 Å². The predicted molar refractivity (Wildman–Crippen MR) is 54.4 cm³/mol. The Hall–Kier alpha value is -1.15. The molecule has 0 atom stereocenters. The summed E-state index contributed by atoms with van der Waals surface area (Å²) in [4.78, 5) is 0. The lowest BCUT2D eigenvalue weighted by Gasteiger charge is -2.07. The molecule has 0 saturated carbocycles. The highest BCUT2D eigenvalue weighted by atomic mass is 16.5. The van der Waals surface area contributed by atoms with E-state index in [1.54, 1.807) is 7.11 Å². The predicted octanol–water partition coefficient (Wildman–Crippen LogP) is 2.33. The molecule has 0 bridgehead atoms. The number of rotatable bonds is 4. The summed E-state index contributed by atoms with van der Waals surface area (Å²) in [5.74, 6) is 0. The summed E-state index contributed by atoms with van der Waals surface area (Å²) in [5, 5.41) is 7.06. The minimum absolute atomic E-state index is 0.630. The Morgan fingerprint density at radius 3 is 2.77 bits per heavy atom. The van der Waals surface area contributed by atoms with Gasteiger partial charge in [0.25, 0.3) is 0 Å². The molecule has 0 fully saturated rings. The monoisotopic (exact) mass is 177 g/mol. The zero-order valence-electron chi connectivity index (χ0n) is 8.13.